The number of aromatic nitrogens is 2. The zero-order valence-corrected chi connectivity index (χ0v) is 20.3. The zero-order chi connectivity index (χ0) is 25.1. The van der Waals surface area contributed by atoms with Crippen molar-refractivity contribution in [2.45, 2.75) is 22.1 Å². The SMILES string of the molecule is O=C1C[C@@H](C(=O)Nc2ccccc2Sc2ccccc2)c2c(nc(Nc3ccc(Cl)cc3)[nH]c2=O)N1. The van der Waals surface area contributed by atoms with E-state index in [-0.39, 0.29) is 23.8 Å². The number of amides is 2. The van der Waals surface area contributed by atoms with Gasteiger partial charge in [0.25, 0.3) is 5.56 Å². The van der Waals surface area contributed by atoms with Crippen LogP contribution < -0.4 is 21.5 Å². The molecule has 0 saturated heterocycles. The van der Waals surface area contributed by atoms with E-state index in [1.165, 1.54) is 11.8 Å². The molecule has 36 heavy (non-hydrogen) atoms. The Morgan fingerprint density at radius 2 is 1.69 bits per heavy atom. The second kappa shape index (κ2) is 10.3. The second-order valence-electron chi connectivity index (χ2n) is 8.01. The average Bonchev–Trinajstić information content (AvgIpc) is 2.86. The molecule has 3 aromatic carbocycles. The van der Waals surface area contributed by atoms with E-state index in [1.807, 2.05) is 48.5 Å². The monoisotopic (exact) mass is 517 g/mol. The number of hydrogen-bond donors (Lipinski definition) is 4. The van der Waals surface area contributed by atoms with Crippen LogP contribution in [0.2, 0.25) is 5.02 Å². The molecule has 0 bridgehead atoms. The molecule has 0 spiro atoms. The first-order valence-electron chi connectivity index (χ1n) is 11.1. The number of halogens is 1. The van der Waals surface area contributed by atoms with Gasteiger partial charge in [-0.2, -0.15) is 4.98 Å². The third-order valence-electron chi connectivity index (χ3n) is 5.49. The summed E-state index contributed by atoms with van der Waals surface area (Å²) in [5.41, 5.74) is 0.839. The third kappa shape index (κ3) is 5.27. The number of carbonyl (C=O) groups is 2. The van der Waals surface area contributed by atoms with Crippen LogP contribution in [-0.4, -0.2) is 21.8 Å². The van der Waals surface area contributed by atoms with Crippen molar-refractivity contribution < 1.29 is 9.59 Å². The predicted octanol–water partition coefficient (Wildman–Crippen LogP) is 5.38. The van der Waals surface area contributed by atoms with Gasteiger partial charge in [-0.1, -0.05) is 53.7 Å². The van der Waals surface area contributed by atoms with Crippen LogP contribution in [0.3, 0.4) is 0 Å². The van der Waals surface area contributed by atoms with Crippen molar-refractivity contribution in [2.75, 3.05) is 16.0 Å². The van der Waals surface area contributed by atoms with Crippen LogP contribution in [-0.2, 0) is 9.59 Å². The van der Waals surface area contributed by atoms with E-state index in [0.29, 0.717) is 16.4 Å². The summed E-state index contributed by atoms with van der Waals surface area (Å²) in [4.78, 5) is 47.6. The van der Waals surface area contributed by atoms with E-state index in [2.05, 4.69) is 25.9 Å². The Morgan fingerprint density at radius 3 is 2.47 bits per heavy atom. The number of benzene rings is 3. The Hall–Kier alpha value is -4.08. The standard InChI is InChI=1S/C26H20ClN5O3S/c27-15-10-12-16(13-11-15)28-26-31-23-22(25(35)32-26)18(14-21(33)30-23)24(34)29-19-8-4-5-9-20(19)36-17-6-2-1-3-7-17/h1-13,18H,14H2,(H,29,34)(H3,28,30,31,32,33,35)/t18-/m1/s1. The summed E-state index contributed by atoms with van der Waals surface area (Å²) in [6.45, 7) is 0. The fourth-order valence-electron chi connectivity index (χ4n) is 3.82. The summed E-state index contributed by atoms with van der Waals surface area (Å²) in [6.07, 6.45) is -0.165. The zero-order valence-electron chi connectivity index (χ0n) is 18.7. The minimum atomic E-state index is -0.996. The first-order valence-corrected chi connectivity index (χ1v) is 12.2. The van der Waals surface area contributed by atoms with E-state index in [4.69, 9.17) is 11.6 Å². The highest BCUT2D eigenvalue weighted by Crippen LogP contribution is 2.35. The highest BCUT2D eigenvalue weighted by Gasteiger charge is 2.35. The van der Waals surface area contributed by atoms with Crippen molar-refractivity contribution in [2.24, 2.45) is 0 Å². The molecule has 0 radical (unpaired) electrons. The fraction of sp³-hybridized carbons (Fsp3) is 0.0769. The molecule has 180 valence electrons. The van der Waals surface area contributed by atoms with Crippen molar-refractivity contribution in [1.29, 1.82) is 0 Å². The number of aromatic amines is 1. The normalized spacial score (nSPS) is 14.5. The van der Waals surface area contributed by atoms with Gasteiger partial charge in [-0.05, 0) is 48.5 Å². The fourth-order valence-corrected chi connectivity index (χ4v) is 4.87. The number of H-pyrrole nitrogens is 1. The summed E-state index contributed by atoms with van der Waals surface area (Å²) in [5.74, 6) is -1.67. The molecule has 0 fully saturated rings. The van der Waals surface area contributed by atoms with Gasteiger partial charge in [0, 0.05) is 26.9 Å². The van der Waals surface area contributed by atoms with Gasteiger partial charge in [0.2, 0.25) is 17.8 Å². The molecule has 0 unspecified atom stereocenters. The van der Waals surface area contributed by atoms with Gasteiger partial charge >= 0.3 is 0 Å². The number of rotatable bonds is 6. The van der Waals surface area contributed by atoms with Gasteiger partial charge in [0.1, 0.15) is 5.82 Å². The van der Waals surface area contributed by atoms with Crippen LogP contribution in [0.1, 0.15) is 17.9 Å². The van der Waals surface area contributed by atoms with Crippen molar-refractivity contribution in [1.82, 2.24) is 9.97 Å². The lowest BCUT2D eigenvalue weighted by Gasteiger charge is -2.24. The summed E-state index contributed by atoms with van der Waals surface area (Å²) in [6, 6.07) is 24.0. The molecule has 1 aliphatic heterocycles. The van der Waals surface area contributed by atoms with Gasteiger partial charge in [-0.25, -0.2) is 0 Å². The van der Waals surface area contributed by atoms with Crippen LogP contribution in [0.15, 0.2) is 93.4 Å². The summed E-state index contributed by atoms with van der Waals surface area (Å²) in [7, 11) is 0. The maximum absolute atomic E-state index is 13.3. The Balaban J connectivity index is 1.41. The maximum atomic E-state index is 13.3. The molecular weight excluding hydrogens is 498 g/mol. The van der Waals surface area contributed by atoms with E-state index in [0.717, 1.165) is 9.79 Å². The summed E-state index contributed by atoms with van der Waals surface area (Å²) >= 11 is 7.42. The Kier molecular flexibility index (Phi) is 6.75. The Labute approximate surface area is 215 Å². The van der Waals surface area contributed by atoms with E-state index < -0.39 is 23.3 Å². The van der Waals surface area contributed by atoms with Crippen molar-refractivity contribution in [3.8, 4) is 0 Å². The molecule has 1 aliphatic rings. The topological polar surface area (TPSA) is 116 Å². The molecule has 1 aromatic heterocycles. The molecule has 2 heterocycles. The number of hydrogen-bond acceptors (Lipinski definition) is 6. The van der Waals surface area contributed by atoms with Crippen LogP contribution in [0.25, 0.3) is 0 Å². The van der Waals surface area contributed by atoms with Gasteiger partial charge in [-0.15, -0.1) is 0 Å². The van der Waals surface area contributed by atoms with E-state index in [1.54, 1.807) is 30.3 Å². The quantitative estimate of drug-likeness (QED) is 0.273. The molecule has 1 atom stereocenters. The molecule has 5 rings (SSSR count). The predicted molar refractivity (Wildman–Crippen MR) is 141 cm³/mol. The number of fused-ring (bicyclic) bond motifs is 1. The Morgan fingerprint density at radius 1 is 0.972 bits per heavy atom. The van der Waals surface area contributed by atoms with Crippen molar-refractivity contribution >= 4 is 58.3 Å². The Bertz CT molecular complexity index is 1490. The van der Waals surface area contributed by atoms with Crippen LogP contribution in [0, 0.1) is 0 Å². The molecule has 4 aromatic rings. The minimum absolute atomic E-state index is 0.0542. The molecule has 4 N–H and O–H groups in total. The molecule has 8 nitrogen and oxygen atoms in total. The van der Waals surface area contributed by atoms with E-state index >= 15 is 0 Å². The lowest BCUT2D eigenvalue weighted by Crippen LogP contribution is -2.36. The van der Waals surface area contributed by atoms with Crippen molar-refractivity contribution in [3.05, 3.63) is 99.8 Å². The van der Waals surface area contributed by atoms with Gasteiger partial charge in [0.15, 0.2) is 0 Å². The van der Waals surface area contributed by atoms with E-state index in [9.17, 15) is 14.4 Å². The smallest absolute Gasteiger partial charge is 0.258 e. The van der Waals surface area contributed by atoms with Crippen molar-refractivity contribution in [3.63, 3.8) is 0 Å². The second-order valence-corrected chi connectivity index (χ2v) is 9.57. The van der Waals surface area contributed by atoms with Crippen LogP contribution >= 0.6 is 23.4 Å². The van der Waals surface area contributed by atoms with Gasteiger partial charge in [0.05, 0.1) is 17.2 Å². The highest BCUT2D eigenvalue weighted by molar-refractivity contribution is 7.99. The highest BCUT2D eigenvalue weighted by atomic mass is 35.5. The van der Waals surface area contributed by atoms with Crippen LogP contribution in [0.5, 0.6) is 0 Å². The number of anilines is 4. The summed E-state index contributed by atoms with van der Waals surface area (Å²) in [5, 5.41) is 9.05. The lowest BCUT2D eigenvalue weighted by atomic mass is 9.92. The number of nitrogens with zero attached hydrogens (tertiary/aromatic N) is 1. The molecular formula is C26H20ClN5O3S. The third-order valence-corrected chi connectivity index (χ3v) is 6.83. The number of para-hydroxylation sites is 1. The average molecular weight is 518 g/mol. The van der Waals surface area contributed by atoms with Gasteiger partial charge in [-0.3, -0.25) is 19.4 Å². The first kappa shape index (κ1) is 23.7. The lowest BCUT2D eigenvalue weighted by molar-refractivity contribution is -0.123. The molecule has 10 heteroatoms. The molecule has 2 amide bonds. The van der Waals surface area contributed by atoms with Gasteiger partial charge < -0.3 is 16.0 Å². The minimum Gasteiger partial charge on any atom is -0.326 e. The van der Waals surface area contributed by atoms with Crippen LogP contribution in [0.4, 0.5) is 23.1 Å². The molecule has 0 saturated carbocycles. The maximum Gasteiger partial charge on any atom is 0.258 e. The summed E-state index contributed by atoms with van der Waals surface area (Å²) < 4.78 is 0. The first-order chi connectivity index (χ1) is 17.5. The largest absolute Gasteiger partial charge is 0.326 e. The number of nitrogens with one attached hydrogen (secondary N) is 4. The molecule has 0 aliphatic carbocycles. The number of carbonyl (C=O) groups excluding carboxylic acids is 2.